The SMILES string of the molecule is Cc1nnc(SCC(=O)N2CCc3ccc(F)cc3C2C)n1Cc1ccccc1. The van der Waals surface area contributed by atoms with Crippen molar-refractivity contribution < 1.29 is 9.18 Å². The summed E-state index contributed by atoms with van der Waals surface area (Å²) >= 11 is 1.40. The summed E-state index contributed by atoms with van der Waals surface area (Å²) in [6.45, 7) is 5.19. The number of hydrogen-bond donors (Lipinski definition) is 0. The summed E-state index contributed by atoms with van der Waals surface area (Å²) in [7, 11) is 0. The van der Waals surface area contributed by atoms with Crippen LogP contribution in [0.15, 0.2) is 53.7 Å². The minimum Gasteiger partial charge on any atom is -0.335 e. The number of aromatic nitrogens is 3. The molecule has 1 aliphatic rings. The number of hydrogen-bond acceptors (Lipinski definition) is 4. The van der Waals surface area contributed by atoms with Crippen molar-refractivity contribution in [1.82, 2.24) is 19.7 Å². The Labute approximate surface area is 173 Å². The van der Waals surface area contributed by atoms with Crippen LogP contribution in [-0.4, -0.2) is 37.9 Å². The van der Waals surface area contributed by atoms with Gasteiger partial charge in [0.05, 0.1) is 18.3 Å². The first-order valence-corrected chi connectivity index (χ1v) is 10.7. The molecule has 5 nitrogen and oxygen atoms in total. The van der Waals surface area contributed by atoms with Gasteiger partial charge in [-0.1, -0.05) is 48.2 Å². The standard InChI is InChI=1S/C22H23FN4OS/c1-15-20-12-19(23)9-8-18(20)10-11-26(15)21(28)14-29-22-25-24-16(2)27(22)13-17-6-4-3-5-7-17/h3-9,12,15H,10-11,13-14H2,1-2H3. The maximum absolute atomic E-state index is 13.7. The lowest BCUT2D eigenvalue weighted by Gasteiger charge is -2.35. The number of rotatable bonds is 5. The highest BCUT2D eigenvalue weighted by atomic mass is 32.2. The Morgan fingerprint density at radius 2 is 2.00 bits per heavy atom. The highest BCUT2D eigenvalue weighted by molar-refractivity contribution is 7.99. The number of carbonyl (C=O) groups is 1. The van der Waals surface area contributed by atoms with Gasteiger partial charge in [0, 0.05) is 6.54 Å². The molecule has 1 aliphatic heterocycles. The number of fused-ring (bicyclic) bond motifs is 1. The molecule has 0 bridgehead atoms. The van der Waals surface area contributed by atoms with E-state index in [4.69, 9.17) is 0 Å². The van der Waals surface area contributed by atoms with E-state index >= 15 is 0 Å². The van der Waals surface area contributed by atoms with E-state index in [1.54, 1.807) is 6.07 Å². The average Bonchev–Trinajstić information content (AvgIpc) is 3.07. The second-order valence-electron chi connectivity index (χ2n) is 7.25. The molecule has 0 spiro atoms. The molecule has 1 amide bonds. The van der Waals surface area contributed by atoms with Crippen LogP contribution in [0.3, 0.4) is 0 Å². The van der Waals surface area contributed by atoms with Gasteiger partial charge in [0.1, 0.15) is 11.6 Å². The first kappa shape index (κ1) is 19.6. The van der Waals surface area contributed by atoms with Crippen molar-refractivity contribution in [2.45, 2.75) is 38.0 Å². The van der Waals surface area contributed by atoms with E-state index in [9.17, 15) is 9.18 Å². The number of halogens is 1. The van der Waals surface area contributed by atoms with Gasteiger partial charge in [0.25, 0.3) is 0 Å². The number of carbonyl (C=O) groups excluding carboxylic acids is 1. The topological polar surface area (TPSA) is 51.0 Å². The lowest BCUT2D eigenvalue weighted by molar-refractivity contribution is -0.130. The highest BCUT2D eigenvalue weighted by Crippen LogP contribution is 2.31. The Morgan fingerprint density at radius 1 is 1.21 bits per heavy atom. The maximum Gasteiger partial charge on any atom is 0.233 e. The van der Waals surface area contributed by atoms with Crippen molar-refractivity contribution in [1.29, 1.82) is 0 Å². The summed E-state index contributed by atoms with van der Waals surface area (Å²) in [6, 6.07) is 14.8. The van der Waals surface area contributed by atoms with Crippen molar-refractivity contribution in [2.24, 2.45) is 0 Å². The molecule has 0 fully saturated rings. The molecule has 0 aliphatic carbocycles. The van der Waals surface area contributed by atoms with E-state index in [0.29, 0.717) is 13.1 Å². The van der Waals surface area contributed by atoms with Gasteiger partial charge in [0.15, 0.2) is 5.16 Å². The lowest BCUT2D eigenvalue weighted by Crippen LogP contribution is -2.40. The molecule has 29 heavy (non-hydrogen) atoms. The zero-order valence-electron chi connectivity index (χ0n) is 16.5. The number of amides is 1. The van der Waals surface area contributed by atoms with Crippen molar-refractivity contribution in [2.75, 3.05) is 12.3 Å². The molecular formula is C22H23FN4OS. The fourth-order valence-electron chi connectivity index (χ4n) is 3.75. The summed E-state index contributed by atoms with van der Waals surface area (Å²) in [5.41, 5.74) is 3.18. The summed E-state index contributed by atoms with van der Waals surface area (Å²) in [5, 5.41) is 9.17. The predicted molar refractivity (Wildman–Crippen MR) is 111 cm³/mol. The van der Waals surface area contributed by atoms with Crippen LogP contribution in [0.2, 0.25) is 0 Å². The fraction of sp³-hybridized carbons (Fsp3) is 0.318. The third kappa shape index (κ3) is 4.19. The van der Waals surface area contributed by atoms with Crippen molar-refractivity contribution >= 4 is 17.7 Å². The Kier molecular flexibility index (Phi) is 5.67. The van der Waals surface area contributed by atoms with Crippen LogP contribution in [0.4, 0.5) is 4.39 Å². The Balaban J connectivity index is 1.44. The minimum atomic E-state index is -0.260. The Morgan fingerprint density at radius 3 is 2.79 bits per heavy atom. The zero-order valence-corrected chi connectivity index (χ0v) is 17.3. The molecule has 7 heteroatoms. The highest BCUT2D eigenvalue weighted by Gasteiger charge is 2.28. The molecule has 1 aromatic heterocycles. The Hall–Kier alpha value is -2.67. The molecule has 2 heterocycles. The normalized spacial score (nSPS) is 16.0. The largest absolute Gasteiger partial charge is 0.335 e. The molecule has 150 valence electrons. The summed E-state index contributed by atoms with van der Waals surface area (Å²) < 4.78 is 15.7. The number of nitrogens with zero attached hydrogens (tertiary/aromatic N) is 4. The van der Waals surface area contributed by atoms with Gasteiger partial charge in [-0.25, -0.2) is 4.39 Å². The van der Waals surface area contributed by atoms with Gasteiger partial charge in [-0.2, -0.15) is 0 Å². The number of thioether (sulfide) groups is 1. The van der Waals surface area contributed by atoms with Crippen LogP contribution in [-0.2, 0) is 17.8 Å². The van der Waals surface area contributed by atoms with E-state index in [0.717, 1.165) is 34.1 Å². The fourth-order valence-corrected chi connectivity index (χ4v) is 4.62. The summed E-state index contributed by atoms with van der Waals surface area (Å²) in [6.07, 6.45) is 0.750. The second-order valence-corrected chi connectivity index (χ2v) is 8.19. The van der Waals surface area contributed by atoms with Crippen molar-refractivity contribution in [3.05, 3.63) is 76.9 Å². The summed E-state index contributed by atoms with van der Waals surface area (Å²) in [5.74, 6) is 0.870. The van der Waals surface area contributed by atoms with Crippen molar-refractivity contribution in [3.8, 4) is 0 Å². The van der Waals surface area contributed by atoms with Crippen LogP contribution >= 0.6 is 11.8 Å². The van der Waals surface area contributed by atoms with Gasteiger partial charge in [-0.05, 0) is 49.1 Å². The molecule has 1 atom stereocenters. The molecule has 3 aromatic rings. The van der Waals surface area contributed by atoms with Crippen LogP contribution < -0.4 is 0 Å². The monoisotopic (exact) mass is 410 g/mol. The zero-order chi connectivity index (χ0) is 20.4. The third-order valence-corrected chi connectivity index (χ3v) is 6.33. The molecule has 0 saturated carbocycles. The van der Waals surface area contributed by atoms with E-state index in [1.165, 1.54) is 17.8 Å². The predicted octanol–water partition coefficient (Wildman–Crippen LogP) is 4.01. The van der Waals surface area contributed by atoms with Crippen molar-refractivity contribution in [3.63, 3.8) is 0 Å². The first-order chi connectivity index (χ1) is 14.0. The van der Waals surface area contributed by atoms with E-state index < -0.39 is 0 Å². The van der Waals surface area contributed by atoms with Crippen LogP contribution in [0.1, 0.15) is 35.5 Å². The van der Waals surface area contributed by atoms with Gasteiger partial charge >= 0.3 is 0 Å². The van der Waals surface area contributed by atoms with Gasteiger partial charge in [-0.3, -0.25) is 4.79 Å². The van der Waals surface area contributed by atoms with Gasteiger partial charge in [0.2, 0.25) is 5.91 Å². The second kappa shape index (κ2) is 8.37. The smallest absolute Gasteiger partial charge is 0.233 e. The molecule has 2 aromatic carbocycles. The Bertz CT molecular complexity index is 1020. The minimum absolute atomic E-state index is 0.0318. The average molecular weight is 411 g/mol. The number of benzene rings is 2. The van der Waals surface area contributed by atoms with Crippen LogP contribution in [0.5, 0.6) is 0 Å². The van der Waals surface area contributed by atoms with Gasteiger partial charge < -0.3 is 9.47 Å². The molecule has 0 N–H and O–H groups in total. The molecular weight excluding hydrogens is 387 g/mol. The van der Waals surface area contributed by atoms with Crippen LogP contribution in [0.25, 0.3) is 0 Å². The number of aryl methyl sites for hydroxylation is 1. The first-order valence-electron chi connectivity index (χ1n) is 9.67. The van der Waals surface area contributed by atoms with E-state index in [-0.39, 0.29) is 23.5 Å². The molecule has 0 radical (unpaired) electrons. The summed E-state index contributed by atoms with van der Waals surface area (Å²) in [4.78, 5) is 14.7. The van der Waals surface area contributed by atoms with Crippen LogP contribution in [0, 0.1) is 12.7 Å². The molecule has 1 unspecified atom stereocenters. The van der Waals surface area contributed by atoms with E-state index in [2.05, 4.69) is 22.3 Å². The third-order valence-electron chi connectivity index (χ3n) is 5.38. The molecule has 0 saturated heterocycles. The van der Waals surface area contributed by atoms with Gasteiger partial charge in [-0.15, -0.1) is 10.2 Å². The lowest BCUT2D eigenvalue weighted by atomic mass is 9.93. The van der Waals surface area contributed by atoms with E-state index in [1.807, 2.05) is 47.6 Å². The quantitative estimate of drug-likeness (QED) is 0.597. The maximum atomic E-state index is 13.7. The molecule has 4 rings (SSSR count).